The van der Waals surface area contributed by atoms with Crippen LogP contribution in [-0.4, -0.2) is 29.6 Å². The summed E-state index contributed by atoms with van der Waals surface area (Å²) in [5.41, 5.74) is 2.46. The van der Waals surface area contributed by atoms with E-state index in [1.165, 1.54) is 0 Å². The highest BCUT2D eigenvalue weighted by Crippen LogP contribution is 2.19. The molecule has 0 unspecified atom stereocenters. The molecule has 1 aromatic heterocycles. The average Bonchev–Trinajstić information content (AvgIpc) is 3.10. The summed E-state index contributed by atoms with van der Waals surface area (Å²) in [5.74, 6) is 1.12. The van der Waals surface area contributed by atoms with E-state index in [0.717, 1.165) is 11.3 Å². The second-order valence-corrected chi connectivity index (χ2v) is 6.98. The Bertz CT molecular complexity index is 1020. The van der Waals surface area contributed by atoms with Crippen LogP contribution in [0, 0.1) is 13.8 Å². The van der Waals surface area contributed by atoms with Gasteiger partial charge in [-0.25, -0.2) is 4.79 Å². The SMILES string of the molecule is CCOc1ccc(C(=O)[C@@H](C)OC(=O)c2ccc(OCc3c(C)noc3C)cc2)cc1. The molecule has 31 heavy (non-hydrogen) atoms. The Morgan fingerprint density at radius 3 is 2.06 bits per heavy atom. The van der Waals surface area contributed by atoms with Gasteiger partial charge in [0, 0.05) is 5.56 Å². The maximum atomic E-state index is 12.5. The number of aromatic nitrogens is 1. The van der Waals surface area contributed by atoms with Crippen LogP contribution in [0.15, 0.2) is 53.1 Å². The van der Waals surface area contributed by atoms with Crippen LogP contribution in [0.2, 0.25) is 0 Å². The van der Waals surface area contributed by atoms with Gasteiger partial charge in [-0.15, -0.1) is 0 Å². The largest absolute Gasteiger partial charge is 0.494 e. The summed E-state index contributed by atoms with van der Waals surface area (Å²) in [6.45, 7) is 7.98. The molecule has 0 spiro atoms. The quantitative estimate of drug-likeness (QED) is 0.364. The highest BCUT2D eigenvalue weighted by molar-refractivity contribution is 6.01. The lowest BCUT2D eigenvalue weighted by Crippen LogP contribution is -2.24. The molecule has 0 aliphatic heterocycles. The Hall–Kier alpha value is -3.61. The Balaban J connectivity index is 1.56. The minimum Gasteiger partial charge on any atom is -0.494 e. The first-order valence-electron chi connectivity index (χ1n) is 10.0. The lowest BCUT2D eigenvalue weighted by molar-refractivity contribution is 0.0318. The third-order valence-corrected chi connectivity index (χ3v) is 4.76. The number of esters is 1. The van der Waals surface area contributed by atoms with Crippen molar-refractivity contribution >= 4 is 11.8 Å². The number of rotatable bonds is 9. The summed E-state index contributed by atoms with van der Waals surface area (Å²) in [6, 6.07) is 13.3. The van der Waals surface area contributed by atoms with E-state index in [0.29, 0.717) is 41.6 Å². The zero-order chi connectivity index (χ0) is 22.4. The molecule has 0 saturated carbocycles. The summed E-state index contributed by atoms with van der Waals surface area (Å²) >= 11 is 0. The van der Waals surface area contributed by atoms with Crippen LogP contribution in [0.25, 0.3) is 0 Å². The first-order valence-corrected chi connectivity index (χ1v) is 10.0. The number of nitrogens with zero attached hydrogens (tertiary/aromatic N) is 1. The second kappa shape index (κ2) is 9.93. The van der Waals surface area contributed by atoms with E-state index in [9.17, 15) is 9.59 Å². The van der Waals surface area contributed by atoms with Crippen molar-refractivity contribution in [2.75, 3.05) is 6.61 Å². The molecule has 3 rings (SSSR count). The molecular formula is C24H25NO6. The molecule has 0 aliphatic carbocycles. The smallest absolute Gasteiger partial charge is 0.338 e. The number of ketones is 1. The molecule has 1 atom stereocenters. The molecule has 3 aromatic rings. The number of benzene rings is 2. The van der Waals surface area contributed by atoms with Gasteiger partial charge in [-0.2, -0.15) is 0 Å². The van der Waals surface area contributed by atoms with Crippen LogP contribution >= 0.6 is 0 Å². The minimum atomic E-state index is -0.916. The Morgan fingerprint density at radius 1 is 0.935 bits per heavy atom. The minimum absolute atomic E-state index is 0.282. The van der Waals surface area contributed by atoms with Crippen molar-refractivity contribution in [1.29, 1.82) is 0 Å². The van der Waals surface area contributed by atoms with Crippen LogP contribution in [0.4, 0.5) is 0 Å². The van der Waals surface area contributed by atoms with Gasteiger partial charge in [0.05, 0.1) is 23.4 Å². The van der Waals surface area contributed by atoms with Gasteiger partial charge >= 0.3 is 5.97 Å². The van der Waals surface area contributed by atoms with E-state index < -0.39 is 12.1 Å². The van der Waals surface area contributed by atoms with Gasteiger partial charge in [0.2, 0.25) is 5.78 Å². The summed E-state index contributed by atoms with van der Waals surface area (Å²) in [7, 11) is 0. The number of Topliss-reactive ketones (excluding diaryl/α,β-unsaturated/α-hetero) is 1. The van der Waals surface area contributed by atoms with Crippen molar-refractivity contribution in [3.05, 3.63) is 76.7 Å². The summed E-state index contributed by atoms with van der Waals surface area (Å²) in [6.07, 6.45) is -0.916. The van der Waals surface area contributed by atoms with Gasteiger partial charge in [0.15, 0.2) is 6.10 Å². The number of carbonyl (C=O) groups excluding carboxylic acids is 2. The molecule has 1 heterocycles. The predicted octanol–water partition coefficient (Wildman–Crippen LogP) is 4.70. The molecule has 7 heteroatoms. The molecule has 0 radical (unpaired) electrons. The number of aryl methyl sites for hydroxylation is 2. The maximum Gasteiger partial charge on any atom is 0.338 e. The summed E-state index contributed by atoms with van der Waals surface area (Å²) < 4.78 is 21.6. The molecule has 7 nitrogen and oxygen atoms in total. The number of hydrogen-bond acceptors (Lipinski definition) is 7. The molecular weight excluding hydrogens is 398 g/mol. The third kappa shape index (κ3) is 5.51. The molecule has 0 aliphatic rings. The van der Waals surface area contributed by atoms with Gasteiger partial charge in [-0.3, -0.25) is 4.79 Å². The van der Waals surface area contributed by atoms with Crippen molar-refractivity contribution in [2.24, 2.45) is 0 Å². The van der Waals surface area contributed by atoms with E-state index >= 15 is 0 Å². The average molecular weight is 423 g/mol. The highest BCUT2D eigenvalue weighted by atomic mass is 16.5. The van der Waals surface area contributed by atoms with E-state index in [1.54, 1.807) is 55.5 Å². The van der Waals surface area contributed by atoms with Crippen LogP contribution < -0.4 is 9.47 Å². The Kier molecular flexibility index (Phi) is 7.07. The zero-order valence-corrected chi connectivity index (χ0v) is 18.0. The van der Waals surface area contributed by atoms with Crippen LogP contribution in [0.1, 0.15) is 51.6 Å². The molecule has 2 aromatic carbocycles. The third-order valence-electron chi connectivity index (χ3n) is 4.76. The van der Waals surface area contributed by atoms with Gasteiger partial charge < -0.3 is 18.7 Å². The van der Waals surface area contributed by atoms with Crippen molar-refractivity contribution in [3.8, 4) is 11.5 Å². The van der Waals surface area contributed by atoms with Gasteiger partial charge in [-0.1, -0.05) is 5.16 Å². The lowest BCUT2D eigenvalue weighted by atomic mass is 10.1. The fourth-order valence-corrected chi connectivity index (χ4v) is 2.95. The van der Waals surface area contributed by atoms with E-state index in [2.05, 4.69) is 5.16 Å². The fraction of sp³-hybridized carbons (Fsp3) is 0.292. The molecule has 0 bridgehead atoms. The van der Waals surface area contributed by atoms with Crippen LogP contribution in [0.3, 0.4) is 0 Å². The van der Waals surface area contributed by atoms with Crippen LogP contribution in [0.5, 0.6) is 11.5 Å². The monoisotopic (exact) mass is 423 g/mol. The van der Waals surface area contributed by atoms with Crippen molar-refractivity contribution in [1.82, 2.24) is 5.16 Å². The molecule has 0 saturated heterocycles. The number of hydrogen-bond donors (Lipinski definition) is 0. The standard InChI is InChI=1S/C24H25NO6/c1-5-28-20-10-6-18(7-11-20)23(26)17(4)30-24(27)19-8-12-21(13-9-19)29-14-22-15(2)25-31-16(22)3/h6-13,17H,5,14H2,1-4H3/t17-/m1/s1. The maximum absolute atomic E-state index is 12.5. The normalized spacial score (nSPS) is 11.6. The molecule has 0 N–H and O–H groups in total. The Morgan fingerprint density at radius 2 is 1.52 bits per heavy atom. The van der Waals surface area contributed by atoms with E-state index in [1.807, 2.05) is 20.8 Å². The zero-order valence-electron chi connectivity index (χ0n) is 18.0. The molecule has 0 amide bonds. The highest BCUT2D eigenvalue weighted by Gasteiger charge is 2.20. The Labute approximate surface area is 180 Å². The van der Waals surface area contributed by atoms with Crippen molar-refractivity contribution in [2.45, 2.75) is 40.4 Å². The van der Waals surface area contributed by atoms with Gasteiger partial charge in [0.25, 0.3) is 0 Å². The summed E-state index contributed by atoms with van der Waals surface area (Å²) in [4.78, 5) is 25.0. The molecule has 0 fully saturated rings. The first-order chi connectivity index (χ1) is 14.9. The van der Waals surface area contributed by atoms with E-state index in [4.69, 9.17) is 18.7 Å². The predicted molar refractivity (Wildman–Crippen MR) is 114 cm³/mol. The lowest BCUT2D eigenvalue weighted by Gasteiger charge is -2.13. The van der Waals surface area contributed by atoms with Gasteiger partial charge in [0.1, 0.15) is 23.9 Å². The summed E-state index contributed by atoms with van der Waals surface area (Å²) in [5, 5.41) is 3.89. The van der Waals surface area contributed by atoms with E-state index in [-0.39, 0.29) is 5.78 Å². The topological polar surface area (TPSA) is 87.9 Å². The number of carbonyl (C=O) groups is 2. The van der Waals surface area contributed by atoms with Gasteiger partial charge in [-0.05, 0) is 76.2 Å². The van der Waals surface area contributed by atoms with Crippen molar-refractivity contribution < 1.29 is 28.3 Å². The first kappa shape index (κ1) is 22.1. The van der Waals surface area contributed by atoms with Crippen LogP contribution in [-0.2, 0) is 11.3 Å². The molecule has 162 valence electrons. The second-order valence-electron chi connectivity index (χ2n) is 6.98. The number of ether oxygens (including phenoxy) is 3. The fourth-order valence-electron chi connectivity index (χ4n) is 2.95. The van der Waals surface area contributed by atoms with Crippen molar-refractivity contribution in [3.63, 3.8) is 0 Å².